The van der Waals surface area contributed by atoms with E-state index in [1.54, 1.807) is 29.7 Å². The van der Waals surface area contributed by atoms with Crippen molar-refractivity contribution in [1.29, 1.82) is 0 Å². The van der Waals surface area contributed by atoms with E-state index in [0.29, 0.717) is 10.7 Å². The minimum atomic E-state index is -0.851. The summed E-state index contributed by atoms with van der Waals surface area (Å²) in [5, 5.41) is 12.3. The Kier molecular flexibility index (Phi) is 4.70. The van der Waals surface area contributed by atoms with E-state index in [1.807, 2.05) is 0 Å². The van der Waals surface area contributed by atoms with Gasteiger partial charge < -0.3 is 5.32 Å². The number of hydrazine groups is 1. The molecule has 0 aliphatic rings. The van der Waals surface area contributed by atoms with Crippen LogP contribution >= 0.6 is 11.6 Å². The van der Waals surface area contributed by atoms with Crippen LogP contribution in [0.15, 0.2) is 24.3 Å². The van der Waals surface area contributed by atoms with Gasteiger partial charge in [0.2, 0.25) is 0 Å². The lowest BCUT2D eigenvalue weighted by Crippen LogP contribution is -2.43. The Labute approximate surface area is 102 Å². The molecule has 0 fully saturated rings. The van der Waals surface area contributed by atoms with Crippen molar-refractivity contribution in [3.63, 3.8) is 0 Å². The van der Waals surface area contributed by atoms with E-state index in [4.69, 9.17) is 17.4 Å². The quantitative estimate of drug-likeness (QED) is 0.275. The molecule has 0 unspecified atom stereocenters. The number of benzene rings is 1. The second kappa shape index (κ2) is 6.04. The van der Waals surface area contributed by atoms with Gasteiger partial charge in [0.15, 0.2) is 0 Å². The average molecular weight is 259 g/mol. The Morgan fingerprint density at radius 2 is 1.94 bits per heavy atom. The summed E-state index contributed by atoms with van der Waals surface area (Å²) >= 11 is 5.66. The number of amides is 3. The van der Waals surface area contributed by atoms with Gasteiger partial charge >= 0.3 is 6.03 Å². The number of nitrogens with one attached hydrogen (secondary N) is 2. The van der Waals surface area contributed by atoms with Gasteiger partial charge in [-0.3, -0.25) is 15.4 Å². The molecule has 3 amide bonds. The molecular weight excluding hydrogens is 248 g/mol. The van der Waals surface area contributed by atoms with E-state index >= 15 is 0 Å². The maximum Gasteiger partial charge on any atom is 0.346 e. The van der Waals surface area contributed by atoms with Gasteiger partial charge in [-0.15, -0.1) is 0 Å². The van der Waals surface area contributed by atoms with Crippen molar-refractivity contribution in [3.05, 3.63) is 29.3 Å². The zero-order valence-corrected chi connectivity index (χ0v) is 9.44. The summed E-state index contributed by atoms with van der Waals surface area (Å²) in [5.74, 6) is 4.11. The molecule has 7 nitrogen and oxygen atoms in total. The van der Waals surface area contributed by atoms with Crippen molar-refractivity contribution >= 4 is 29.2 Å². The molecule has 1 aromatic carbocycles. The van der Waals surface area contributed by atoms with Crippen LogP contribution in [0.25, 0.3) is 0 Å². The number of nitrogens with two attached hydrogens (primary N) is 1. The molecule has 0 aromatic heterocycles. The molecular formula is C9H11ClN4O3. The molecule has 0 saturated carbocycles. The van der Waals surface area contributed by atoms with Gasteiger partial charge in [-0.1, -0.05) is 11.6 Å². The third kappa shape index (κ3) is 4.27. The Bertz CT molecular complexity index is 409. The number of hydrogen-bond acceptors (Lipinski definition) is 4. The Morgan fingerprint density at radius 3 is 2.47 bits per heavy atom. The highest BCUT2D eigenvalue weighted by molar-refractivity contribution is 6.30. The first kappa shape index (κ1) is 13.2. The van der Waals surface area contributed by atoms with E-state index in [2.05, 4.69) is 5.32 Å². The lowest BCUT2D eigenvalue weighted by atomic mass is 10.3. The fraction of sp³-hybridized carbons (Fsp3) is 0.111. The summed E-state index contributed by atoms with van der Waals surface area (Å²) in [6.07, 6.45) is 0. The topological polar surface area (TPSA) is 108 Å². The Balaban J connectivity index is 2.54. The second-order valence-electron chi connectivity index (χ2n) is 3.06. The summed E-state index contributed by atoms with van der Waals surface area (Å²) in [5.41, 5.74) is 2.22. The van der Waals surface area contributed by atoms with Crippen molar-refractivity contribution in [1.82, 2.24) is 10.5 Å². The summed E-state index contributed by atoms with van der Waals surface area (Å²) in [4.78, 5) is 22.1. The SMILES string of the molecule is NNC(=O)CN(O)C(=O)Nc1ccc(Cl)cc1. The Morgan fingerprint density at radius 1 is 1.35 bits per heavy atom. The van der Waals surface area contributed by atoms with Crippen LogP contribution in [-0.2, 0) is 4.79 Å². The van der Waals surface area contributed by atoms with Crippen molar-refractivity contribution in [3.8, 4) is 0 Å². The molecule has 0 radical (unpaired) electrons. The van der Waals surface area contributed by atoms with Crippen molar-refractivity contribution in [2.45, 2.75) is 0 Å². The molecule has 0 aliphatic heterocycles. The molecule has 17 heavy (non-hydrogen) atoms. The minimum Gasteiger partial charge on any atom is -0.306 e. The first-order valence-corrected chi connectivity index (χ1v) is 4.93. The molecule has 0 bridgehead atoms. The number of hydroxylamine groups is 2. The number of halogens is 1. The standard InChI is InChI=1S/C9H11ClN4O3/c10-6-1-3-7(4-2-6)12-9(16)14(17)5-8(15)13-11/h1-4,17H,5,11H2,(H,12,16)(H,13,15). The van der Waals surface area contributed by atoms with Crippen LogP contribution in [0.1, 0.15) is 0 Å². The van der Waals surface area contributed by atoms with Crippen LogP contribution in [0.2, 0.25) is 5.02 Å². The van der Waals surface area contributed by atoms with Crippen LogP contribution in [0.3, 0.4) is 0 Å². The van der Waals surface area contributed by atoms with Crippen LogP contribution in [0.4, 0.5) is 10.5 Å². The maximum absolute atomic E-state index is 11.4. The highest BCUT2D eigenvalue weighted by Crippen LogP contribution is 2.13. The summed E-state index contributed by atoms with van der Waals surface area (Å²) < 4.78 is 0. The monoisotopic (exact) mass is 258 g/mol. The molecule has 8 heteroatoms. The van der Waals surface area contributed by atoms with Gasteiger partial charge in [-0.25, -0.2) is 10.6 Å². The van der Waals surface area contributed by atoms with Gasteiger partial charge in [0.05, 0.1) is 0 Å². The van der Waals surface area contributed by atoms with Crippen molar-refractivity contribution in [2.24, 2.45) is 5.84 Å². The molecule has 0 aliphatic carbocycles. The van der Waals surface area contributed by atoms with Crippen LogP contribution < -0.4 is 16.6 Å². The van der Waals surface area contributed by atoms with E-state index in [1.165, 1.54) is 0 Å². The van der Waals surface area contributed by atoms with Gasteiger partial charge in [0.1, 0.15) is 6.54 Å². The van der Waals surface area contributed by atoms with Gasteiger partial charge in [0, 0.05) is 10.7 Å². The molecule has 0 spiro atoms. The fourth-order valence-corrected chi connectivity index (χ4v) is 1.10. The second-order valence-corrected chi connectivity index (χ2v) is 3.50. The highest BCUT2D eigenvalue weighted by Gasteiger charge is 2.14. The number of carbonyl (C=O) groups is 2. The smallest absolute Gasteiger partial charge is 0.306 e. The molecule has 0 atom stereocenters. The lowest BCUT2D eigenvalue weighted by molar-refractivity contribution is -0.129. The molecule has 5 N–H and O–H groups in total. The average Bonchev–Trinajstić information content (AvgIpc) is 2.31. The number of rotatable bonds is 3. The van der Waals surface area contributed by atoms with Gasteiger partial charge in [-0.2, -0.15) is 5.06 Å². The number of urea groups is 1. The molecule has 92 valence electrons. The minimum absolute atomic E-state index is 0.205. The normalized spacial score (nSPS) is 9.59. The predicted molar refractivity (Wildman–Crippen MR) is 61.3 cm³/mol. The number of hydrogen-bond donors (Lipinski definition) is 4. The van der Waals surface area contributed by atoms with Gasteiger partial charge in [0.25, 0.3) is 5.91 Å². The van der Waals surface area contributed by atoms with Crippen LogP contribution in [-0.4, -0.2) is 28.8 Å². The third-order valence-corrected chi connectivity index (χ3v) is 2.04. The highest BCUT2D eigenvalue weighted by atomic mass is 35.5. The summed E-state index contributed by atoms with van der Waals surface area (Å²) in [6, 6.07) is 5.40. The molecule has 0 saturated heterocycles. The van der Waals surface area contributed by atoms with Crippen molar-refractivity contribution < 1.29 is 14.8 Å². The first-order valence-electron chi connectivity index (χ1n) is 4.55. The fourth-order valence-electron chi connectivity index (χ4n) is 0.975. The van der Waals surface area contributed by atoms with E-state index < -0.39 is 18.5 Å². The zero-order valence-electron chi connectivity index (χ0n) is 8.68. The molecule has 1 aromatic rings. The van der Waals surface area contributed by atoms with E-state index in [-0.39, 0.29) is 5.06 Å². The number of carbonyl (C=O) groups excluding carboxylic acids is 2. The molecule has 0 heterocycles. The number of nitrogens with zero attached hydrogens (tertiary/aromatic N) is 1. The Hall–Kier alpha value is -1.83. The van der Waals surface area contributed by atoms with Crippen LogP contribution in [0.5, 0.6) is 0 Å². The van der Waals surface area contributed by atoms with Crippen LogP contribution in [0, 0.1) is 0 Å². The van der Waals surface area contributed by atoms with Gasteiger partial charge in [-0.05, 0) is 24.3 Å². The van der Waals surface area contributed by atoms with E-state index in [0.717, 1.165) is 0 Å². The lowest BCUT2D eigenvalue weighted by Gasteiger charge is -2.14. The summed E-state index contributed by atoms with van der Waals surface area (Å²) in [6.45, 7) is -0.560. The van der Waals surface area contributed by atoms with Crippen molar-refractivity contribution in [2.75, 3.05) is 11.9 Å². The largest absolute Gasteiger partial charge is 0.346 e. The third-order valence-electron chi connectivity index (χ3n) is 1.78. The number of anilines is 1. The summed E-state index contributed by atoms with van der Waals surface area (Å²) in [7, 11) is 0. The van der Waals surface area contributed by atoms with E-state index in [9.17, 15) is 14.8 Å². The molecule has 1 rings (SSSR count). The zero-order chi connectivity index (χ0) is 12.8. The first-order chi connectivity index (χ1) is 8.02. The predicted octanol–water partition coefficient (Wildman–Crippen LogP) is 0.553. The maximum atomic E-state index is 11.4.